The summed E-state index contributed by atoms with van der Waals surface area (Å²) in [7, 11) is 0. The van der Waals surface area contributed by atoms with Crippen LogP contribution in [0, 0.1) is 52.3 Å². The first-order chi connectivity index (χ1) is 22.7. The molecule has 0 heterocycles. The van der Waals surface area contributed by atoms with E-state index in [2.05, 4.69) is 41.5 Å². The topological polar surface area (TPSA) is 26.3 Å². The number of ether oxygens (including phenoxy) is 1. The van der Waals surface area contributed by atoms with Gasteiger partial charge in [-0.25, -0.2) is 0 Å². The number of carbonyl (C=O) groups is 1. The van der Waals surface area contributed by atoms with Crippen LogP contribution in [-0.2, 0) is 9.53 Å². The third kappa shape index (κ3) is 11.0. The number of carbonyl (C=O) groups excluding carboxylic acids is 1. The fourth-order valence-corrected chi connectivity index (χ4v) is 12.2. The van der Waals surface area contributed by atoms with Crippen LogP contribution in [0.2, 0.25) is 0 Å². The van der Waals surface area contributed by atoms with Crippen molar-refractivity contribution in [3.8, 4) is 0 Å². The molecule has 0 N–H and O–H groups in total. The van der Waals surface area contributed by atoms with Crippen LogP contribution in [0.15, 0.2) is 0 Å². The first kappa shape index (κ1) is 39.3. The second-order valence-electron chi connectivity index (χ2n) is 18.8. The molecule has 47 heavy (non-hydrogen) atoms. The molecule has 4 rings (SSSR count). The van der Waals surface area contributed by atoms with Gasteiger partial charge >= 0.3 is 5.97 Å². The van der Waals surface area contributed by atoms with Crippen molar-refractivity contribution in [1.29, 1.82) is 0 Å². The second kappa shape index (κ2) is 19.8. The first-order valence-corrected chi connectivity index (χ1v) is 21.9. The van der Waals surface area contributed by atoms with Crippen molar-refractivity contribution in [1.82, 2.24) is 0 Å². The van der Waals surface area contributed by atoms with Crippen LogP contribution in [0.3, 0.4) is 0 Å². The quantitative estimate of drug-likeness (QED) is 0.0857. The van der Waals surface area contributed by atoms with Crippen molar-refractivity contribution >= 4 is 5.97 Å². The van der Waals surface area contributed by atoms with E-state index in [0.29, 0.717) is 17.3 Å². The molecular weight excluding hydrogens is 572 g/mol. The molecule has 0 aromatic heterocycles. The Morgan fingerprint density at radius 1 is 0.638 bits per heavy atom. The zero-order chi connectivity index (χ0) is 33.7. The minimum absolute atomic E-state index is 0.0925. The zero-order valence-corrected chi connectivity index (χ0v) is 32.7. The van der Waals surface area contributed by atoms with Crippen molar-refractivity contribution in [2.75, 3.05) is 0 Å². The number of hydrogen-bond donors (Lipinski definition) is 0. The van der Waals surface area contributed by atoms with Gasteiger partial charge in [0.25, 0.3) is 0 Å². The van der Waals surface area contributed by atoms with E-state index in [1.54, 1.807) is 0 Å². The molecule has 4 aliphatic carbocycles. The van der Waals surface area contributed by atoms with Crippen LogP contribution in [0.25, 0.3) is 0 Å². The van der Waals surface area contributed by atoms with Crippen molar-refractivity contribution in [2.45, 2.75) is 227 Å². The summed E-state index contributed by atoms with van der Waals surface area (Å²) < 4.78 is 6.17. The van der Waals surface area contributed by atoms with Gasteiger partial charge in [-0.05, 0) is 116 Å². The average molecular weight is 655 g/mol. The maximum absolute atomic E-state index is 12.8. The Morgan fingerprint density at radius 3 is 1.83 bits per heavy atom. The smallest absolute Gasteiger partial charge is 0.306 e. The molecule has 4 fully saturated rings. The highest BCUT2D eigenvalue weighted by Crippen LogP contribution is 2.68. The molecule has 4 saturated carbocycles. The summed E-state index contributed by atoms with van der Waals surface area (Å²) in [6, 6.07) is 0. The van der Waals surface area contributed by atoms with Crippen LogP contribution < -0.4 is 0 Å². The number of esters is 1. The molecule has 4 aliphatic rings. The fraction of sp³-hybridized carbons (Fsp3) is 0.978. The SMILES string of the molecule is CCCCCCCCCCCCCCCCCC(=O)O[C@H]1CC[C@@]2(C)[C@@H](CC[C@@H]3[C@@H]2CC[C@]2(C)[C@@H]([C@H](C)CCCC(C)C)CC[C@@H]32)C1. The summed E-state index contributed by atoms with van der Waals surface area (Å²) in [6.07, 6.45) is 37.8. The average Bonchev–Trinajstić information content (AvgIpc) is 3.40. The van der Waals surface area contributed by atoms with Gasteiger partial charge in [0.2, 0.25) is 0 Å². The Kier molecular flexibility index (Phi) is 16.5. The van der Waals surface area contributed by atoms with Gasteiger partial charge in [-0.2, -0.15) is 0 Å². The first-order valence-electron chi connectivity index (χ1n) is 21.9. The number of hydrogen-bond acceptors (Lipinski definition) is 2. The van der Waals surface area contributed by atoms with Crippen molar-refractivity contribution in [3.05, 3.63) is 0 Å². The van der Waals surface area contributed by atoms with E-state index in [9.17, 15) is 4.79 Å². The Balaban J connectivity index is 1.08. The lowest BCUT2D eigenvalue weighted by atomic mass is 9.44. The van der Waals surface area contributed by atoms with E-state index in [4.69, 9.17) is 4.74 Å². The summed E-state index contributed by atoms with van der Waals surface area (Å²) >= 11 is 0. The molecule has 2 nitrogen and oxygen atoms in total. The molecule has 0 aromatic carbocycles. The number of fused-ring (bicyclic) bond motifs is 5. The van der Waals surface area contributed by atoms with Gasteiger partial charge in [-0.3, -0.25) is 4.79 Å². The second-order valence-corrected chi connectivity index (χ2v) is 18.8. The van der Waals surface area contributed by atoms with Gasteiger partial charge in [0.15, 0.2) is 0 Å². The summed E-state index contributed by atoms with van der Waals surface area (Å²) in [6.45, 7) is 15.1. The van der Waals surface area contributed by atoms with E-state index in [1.807, 2.05) is 0 Å². The van der Waals surface area contributed by atoms with E-state index in [1.165, 1.54) is 154 Å². The summed E-state index contributed by atoms with van der Waals surface area (Å²) in [5.41, 5.74) is 1.06. The molecule has 274 valence electrons. The monoisotopic (exact) mass is 655 g/mol. The van der Waals surface area contributed by atoms with Crippen molar-refractivity contribution in [3.63, 3.8) is 0 Å². The fourth-order valence-electron chi connectivity index (χ4n) is 12.2. The highest BCUT2D eigenvalue weighted by molar-refractivity contribution is 5.69. The molecule has 0 aromatic rings. The highest BCUT2D eigenvalue weighted by atomic mass is 16.5. The molecule has 0 unspecified atom stereocenters. The van der Waals surface area contributed by atoms with E-state index in [-0.39, 0.29) is 12.1 Å². The van der Waals surface area contributed by atoms with Gasteiger partial charge in [0.1, 0.15) is 6.10 Å². The van der Waals surface area contributed by atoms with E-state index in [0.717, 1.165) is 60.7 Å². The largest absolute Gasteiger partial charge is 0.462 e. The predicted molar refractivity (Wildman–Crippen MR) is 202 cm³/mol. The van der Waals surface area contributed by atoms with Gasteiger partial charge in [-0.15, -0.1) is 0 Å². The summed E-state index contributed by atoms with van der Waals surface area (Å²) in [5.74, 6) is 6.36. The molecule has 0 bridgehead atoms. The maximum atomic E-state index is 12.8. The lowest BCUT2D eigenvalue weighted by molar-refractivity contribution is -0.162. The molecule has 0 saturated heterocycles. The highest BCUT2D eigenvalue weighted by Gasteiger charge is 2.60. The van der Waals surface area contributed by atoms with Crippen LogP contribution in [0.5, 0.6) is 0 Å². The number of unbranched alkanes of at least 4 members (excludes halogenated alkanes) is 14. The predicted octanol–water partition coefficient (Wildman–Crippen LogP) is 14.3. The van der Waals surface area contributed by atoms with Gasteiger partial charge in [0.05, 0.1) is 0 Å². The lowest BCUT2D eigenvalue weighted by Crippen LogP contribution is -2.54. The molecule has 0 amide bonds. The van der Waals surface area contributed by atoms with Gasteiger partial charge < -0.3 is 4.74 Å². The molecule has 0 spiro atoms. The van der Waals surface area contributed by atoms with Gasteiger partial charge in [-0.1, -0.05) is 151 Å². The van der Waals surface area contributed by atoms with E-state index < -0.39 is 0 Å². The van der Waals surface area contributed by atoms with E-state index >= 15 is 0 Å². The molecular formula is C45H82O2. The van der Waals surface area contributed by atoms with Gasteiger partial charge in [0, 0.05) is 6.42 Å². The third-order valence-corrected chi connectivity index (χ3v) is 15.1. The normalized spacial score (nSPS) is 34.1. The molecule has 9 atom stereocenters. The van der Waals surface area contributed by atoms with Crippen molar-refractivity contribution < 1.29 is 9.53 Å². The maximum Gasteiger partial charge on any atom is 0.306 e. The Hall–Kier alpha value is -0.530. The van der Waals surface area contributed by atoms with Crippen LogP contribution in [0.1, 0.15) is 221 Å². The number of rotatable bonds is 22. The Morgan fingerprint density at radius 2 is 1.21 bits per heavy atom. The van der Waals surface area contributed by atoms with Crippen LogP contribution in [-0.4, -0.2) is 12.1 Å². The molecule has 0 aliphatic heterocycles. The summed E-state index contributed by atoms with van der Waals surface area (Å²) in [4.78, 5) is 12.8. The molecule has 2 heteroatoms. The molecule has 0 radical (unpaired) electrons. The standard InChI is InChI=1S/C45H82O2/c1-7-8-9-10-11-12-13-14-15-16-17-18-19-20-21-25-43(46)47-38-30-32-44(5)37(34-38)26-27-39-41-29-28-40(36(4)24-22-23-35(2)3)45(41,6)33-31-42(39)44/h35-42H,7-34H2,1-6H3/t36-,37+,38+,39+,40-,41+,42+,44+,45-/m1/s1. The van der Waals surface area contributed by atoms with Crippen molar-refractivity contribution in [2.24, 2.45) is 52.3 Å². The minimum Gasteiger partial charge on any atom is -0.462 e. The lowest BCUT2D eigenvalue weighted by Gasteiger charge is -2.61. The Labute approximate surface area is 294 Å². The third-order valence-electron chi connectivity index (χ3n) is 15.1. The Bertz CT molecular complexity index is 879. The summed E-state index contributed by atoms with van der Waals surface area (Å²) in [5, 5.41) is 0. The minimum atomic E-state index is 0.0925. The van der Waals surface area contributed by atoms with Crippen LogP contribution >= 0.6 is 0 Å². The zero-order valence-electron chi connectivity index (χ0n) is 32.7. The van der Waals surface area contributed by atoms with Crippen LogP contribution in [0.4, 0.5) is 0 Å².